The molecule has 0 amide bonds. The molecular formula is C5H7ClN4O. The summed E-state index contributed by atoms with van der Waals surface area (Å²) in [7, 11) is 0. The molecule has 1 aromatic heterocycles. The van der Waals surface area contributed by atoms with Crippen LogP contribution in [0, 0.1) is 0 Å². The molecule has 11 heavy (non-hydrogen) atoms. The summed E-state index contributed by atoms with van der Waals surface area (Å²) in [5, 5.41) is 11.5. The molecule has 6 heteroatoms. The first-order valence-electron chi connectivity index (χ1n) is 2.97. The fourth-order valence-corrected chi connectivity index (χ4v) is 0.656. The van der Waals surface area contributed by atoms with Crippen molar-refractivity contribution < 1.29 is 5.11 Å². The summed E-state index contributed by atoms with van der Waals surface area (Å²) in [5.41, 5.74) is 0. The standard InChI is InChI=1S/C5H7ClN4O/c1-3(11)9-5-8-2-7-4(6)10-5/h2-3,11H,1H3,(H,7,8,9,10). The lowest BCUT2D eigenvalue weighted by Crippen LogP contribution is -2.15. The second-order valence-corrected chi connectivity index (χ2v) is 2.24. The van der Waals surface area contributed by atoms with Crippen LogP contribution in [0.2, 0.25) is 5.28 Å². The van der Waals surface area contributed by atoms with Gasteiger partial charge in [0, 0.05) is 0 Å². The van der Waals surface area contributed by atoms with Gasteiger partial charge in [-0.05, 0) is 18.5 Å². The number of anilines is 1. The van der Waals surface area contributed by atoms with Gasteiger partial charge in [-0.15, -0.1) is 0 Å². The normalized spacial score (nSPS) is 12.6. The maximum Gasteiger partial charge on any atom is 0.228 e. The maximum absolute atomic E-state index is 8.84. The van der Waals surface area contributed by atoms with E-state index in [0.29, 0.717) is 0 Å². The zero-order valence-electron chi connectivity index (χ0n) is 5.82. The number of aromatic nitrogens is 3. The Kier molecular flexibility index (Phi) is 2.56. The van der Waals surface area contributed by atoms with Crippen molar-refractivity contribution in [2.24, 2.45) is 0 Å². The molecule has 0 aliphatic heterocycles. The lowest BCUT2D eigenvalue weighted by Gasteiger charge is -2.05. The Morgan fingerprint density at radius 1 is 1.64 bits per heavy atom. The summed E-state index contributed by atoms with van der Waals surface area (Å²) in [5.74, 6) is 0.264. The molecule has 60 valence electrons. The molecule has 0 aliphatic carbocycles. The lowest BCUT2D eigenvalue weighted by atomic mass is 10.6. The number of rotatable bonds is 2. The number of halogens is 1. The molecule has 0 radical (unpaired) electrons. The van der Waals surface area contributed by atoms with E-state index < -0.39 is 6.23 Å². The first-order valence-corrected chi connectivity index (χ1v) is 3.35. The number of aliphatic hydroxyl groups excluding tert-OH is 1. The van der Waals surface area contributed by atoms with Gasteiger partial charge in [0.25, 0.3) is 0 Å². The van der Waals surface area contributed by atoms with Crippen molar-refractivity contribution in [3.63, 3.8) is 0 Å². The smallest absolute Gasteiger partial charge is 0.228 e. The van der Waals surface area contributed by atoms with E-state index in [0.717, 1.165) is 0 Å². The lowest BCUT2D eigenvalue weighted by molar-refractivity contribution is 0.223. The summed E-state index contributed by atoms with van der Waals surface area (Å²) in [4.78, 5) is 11.0. The van der Waals surface area contributed by atoms with Gasteiger partial charge in [0.05, 0.1) is 0 Å². The third-order valence-electron chi connectivity index (χ3n) is 0.880. The quantitative estimate of drug-likeness (QED) is 0.630. The third kappa shape index (κ3) is 2.65. The second-order valence-electron chi connectivity index (χ2n) is 1.90. The molecule has 1 aromatic rings. The summed E-state index contributed by atoms with van der Waals surface area (Å²) in [6.45, 7) is 1.55. The summed E-state index contributed by atoms with van der Waals surface area (Å²) >= 11 is 5.44. The molecule has 1 heterocycles. The van der Waals surface area contributed by atoms with Crippen LogP contribution in [0.3, 0.4) is 0 Å². The summed E-state index contributed by atoms with van der Waals surface area (Å²) in [6, 6.07) is 0. The van der Waals surface area contributed by atoms with Gasteiger partial charge >= 0.3 is 0 Å². The van der Waals surface area contributed by atoms with Crippen LogP contribution in [-0.4, -0.2) is 26.3 Å². The highest BCUT2D eigenvalue weighted by atomic mass is 35.5. The molecule has 0 aromatic carbocycles. The minimum absolute atomic E-state index is 0.100. The van der Waals surface area contributed by atoms with Crippen LogP contribution in [0.25, 0.3) is 0 Å². The van der Waals surface area contributed by atoms with Crippen molar-refractivity contribution in [3.8, 4) is 0 Å². The monoisotopic (exact) mass is 174 g/mol. The molecule has 0 saturated heterocycles. The van der Waals surface area contributed by atoms with Crippen LogP contribution < -0.4 is 5.32 Å². The molecule has 5 nitrogen and oxygen atoms in total. The van der Waals surface area contributed by atoms with Gasteiger partial charge in [0.15, 0.2) is 0 Å². The zero-order valence-corrected chi connectivity index (χ0v) is 6.58. The minimum Gasteiger partial charge on any atom is -0.374 e. The molecule has 0 aliphatic rings. The zero-order chi connectivity index (χ0) is 8.27. The molecule has 1 unspecified atom stereocenters. The molecule has 0 saturated carbocycles. The predicted molar refractivity (Wildman–Crippen MR) is 40.1 cm³/mol. The van der Waals surface area contributed by atoms with Gasteiger partial charge in [-0.1, -0.05) is 0 Å². The fraction of sp³-hybridized carbons (Fsp3) is 0.400. The summed E-state index contributed by atoms with van der Waals surface area (Å²) < 4.78 is 0. The van der Waals surface area contributed by atoms with Gasteiger partial charge in [-0.25, -0.2) is 9.97 Å². The molecule has 1 atom stereocenters. The number of hydrogen-bond donors (Lipinski definition) is 2. The highest BCUT2D eigenvalue weighted by molar-refractivity contribution is 6.28. The van der Waals surface area contributed by atoms with E-state index in [1.54, 1.807) is 6.92 Å². The van der Waals surface area contributed by atoms with E-state index in [1.165, 1.54) is 6.33 Å². The number of aliphatic hydroxyl groups is 1. The van der Waals surface area contributed by atoms with Crippen molar-refractivity contribution in [2.45, 2.75) is 13.2 Å². The Balaban J connectivity index is 2.71. The van der Waals surface area contributed by atoms with Crippen molar-refractivity contribution in [3.05, 3.63) is 11.6 Å². The van der Waals surface area contributed by atoms with Crippen molar-refractivity contribution in [2.75, 3.05) is 5.32 Å². The topological polar surface area (TPSA) is 70.9 Å². The van der Waals surface area contributed by atoms with Crippen LogP contribution in [0.1, 0.15) is 6.92 Å². The van der Waals surface area contributed by atoms with Crippen LogP contribution in [0.15, 0.2) is 6.33 Å². The largest absolute Gasteiger partial charge is 0.374 e. The van der Waals surface area contributed by atoms with Crippen molar-refractivity contribution in [1.29, 1.82) is 0 Å². The number of hydrogen-bond acceptors (Lipinski definition) is 5. The molecule has 2 N–H and O–H groups in total. The van der Waals surface area contributed by atoms with E-state index >= 15 is 0 Å². The van der Waals surface area contributed by atoms with Crippen molar-refractivity contribution >= 4 is 17.5 Å². The Hall–Kier alpha value is -0.940. The molecule has 0 fully saturated rings. The Morgan fingerprint density at radius 2 is 2.36 bits per heavy atom. The van der Waals surface area contributed by atoms with Gasteiger partial charge in [-0.3, -0.25) is 0 Å². The first-order chi connectivity index (χ1) is 5.18. The number of nitrogens with one attached hydrogen (secondary N) is 1. The van der Waals surface area contributed by atoms with Crippen LogP contribution in [-0.2, 0) is 0 Å². The minimum atomic E-state index is -0.700. The second kappa shape index (κ2) is 3.45. The highest BCUT2D eigenvalue weighted by Gasteiger charge is 1.99. The fourth-order valence-electron chi connectivity index (χ4n) is 0.533. The van der Waals surface area contributed by atoms with E-state index in [9.17, 15) is 0 Å². The third-order valence-corrected chi connectivity index (χ3v) is 1.06. The average molecular weight is 175 g/mol. The van der Waals surface area contributed by atoms with E-state index in [4.69, 9.17) is 16.7 Å². The maximum atomic E-state index is 8.84. The molecule has 1 rings (SSSR count). The van der Waals surface area contributed by atoms with Gasteiger partial charge in [-0.2, -0.15) is 4.98 Å². The van der Waals surface area contributed by atoms with Crippen LogP contribution in [0.5, 0.6) is 0 Å². The van der Waals surface area contributed by atoms with Crippen LogP contribution >= 0.6 is 11.6 Å². The number of nitrogens with zero attached hydrogens (tertiary/aromatic N) is 3. The predicted octanol–water partition coefficient (Wildman–Crippen LogP) is 0.275. The Labute approximate surface area is 68.5 Å². The van der Waals surface area contributed by atoms with E-state index in [2.05, 4.69) is 20.3 Å². The van der Waals surface area contributed by atoms with Crippen LogP contribution in [0.4, 0.5) is 5.95 Å². The first kappa shape index (κ1) is 8.16. The highest BCUT2D eigenvalue weighted by Crippen LogP contribution is 2.01. The SMILES string of the molecule is CC(O)Nc1ncnc(Cl)n1. The molecular weight excluding hydrogens is 168 g/mol. The molecule has 0 bridgehead atoms. The van der Waals surface area contributed by atoms with Gasteiger partial charge in [0.1, 0.15) is 12.6 Å². The molecule has 0 spiro atoms. The van der Waals surface area contributed by atoms with Crippen molar-refractivity contribution in [1.82, 2.24) is 15.0 Å². The van der Waals surface area contributed by atoms with E-state index in [1.807, 2.05) is 0 Å². The summed E-state index contributed by atoms with van der Waals surface area (Å²) in [6.07, 6.45) is 0.563. The van der Waals surface area contributed by atoms with Gasteiger partial charge < -0.3 is 10.4 Å². The average Bonchev–Trinajstić information content (AvgIpc) is 1.85. The Bertz CT molecular complexity index is 242. The Morgan fingerprint density at radius 3 is 2.91 bits per heavy atom. The van der Waals surface area contributed by atoms with E-state index in [-0.39, 0.29) is 11.2 Å². The van der Waals surface area contributed by atoms with Gasteiger partial charge in [0.2, 0.25) is 11.2 Å².